The Morgan fingerprint density at radius 3 is 2.86 bits per heavy atom. The van der Waals surface area contributed by atoms with Crippen LogP contribution in [0.25, 0.3) is 0 Å². The molecule has 0 amide bonds. The third-order valence-electron chi connectivity index (χ3n) is 7.57. The van der Waals surface area contributed by atoms with Gasteiger partial charge in [0.2, 0.25) is 0 Å². The molecule has 0 aromatic rings. The Labute approximate surface area is 132 Å². The van der Waals surface area contributed by atoms with Crippen LogP contribution in [0.3, 0.4) is 0 Å². The predicted octanol–water partition coefficient (Wildman–Crippen LogP) is 3.06. The van der Waals surface area contributed by atoms with E-state index in [-0.39, 0.29) is 22.5 Å². The Bertz CT molecular complexity index is 551. The molecule has 4 aliphatic rings. The summed E-state index contributed by atoms with van der Waals surface area (Å²) < 4.78 is 0. The summed E-state index contributed by atoms with van der Waals surface area (Å²) in [4.78, 5) is 24.6. The molecule has 3 heteroatoms. The lowest BCUT2D eigenvalue weighted by Gasteiger charge is -2.55. The lowest BCUT2D eigenvalue weighted by atomic mass is 9.47. The second-order valence-corrected chi connectivity index (χ2v) is 8.27. The normalized spacial score (nSPS) is 50.6. The molecule has 0 aromatic carbocycles. The Morgan fingerprint density at radius 2 is 2.09 bits per heavy atom. The summed E-state index contributed by atoms with van der Waals surface area (Å²) in [5.74, 6) is 1.15. The van der Waals surface area contributed by atoms with Crippen LogP contribution in [0.2, 0.25) is 0 Å². The van der Waals surface area contributed by atoms with E-state index < -0.39 is 6.10 Å². The van der Waals surface area contributed by atoms with Crippen molar-refractivity contribution in [1.29, 1.82) is 0 Å². The molecule has 0 radical (unpaired) electrons. The topological polar surface area (TPSA) is 54.4 Å². The first-order valence-corrected chi connectivity index (χ1v) is 8.91. The van der Waals surface area contributed by atoms with E-state index in [9.17, 15) is 14.7 Å². The molecule has 0 heterocycles. The molecular weight excluding hydrogens is 276 g/mol. The van der Waals surface area contributed by atoms with Gasteiger partial charge in [0.15, 0.2) is 5.78 Å². The van der Waals surface area contributed by atoms with Crippen molar-refractivity contribution in [2.24, 2.45) is 28.6 Å². The minimum atomic E-state index is -0.774. The minimum Gasteiger partial charge on any atom is -0.385 e. The van der Waals surface area contributed by atoms with Gasteiger partial charge in [-0.2, -0.15) is 0 Å². The second kappa shape index (κ2) is 4.77. The fourth-order valence-electron chi connectivity index (χ4n) is 6.44. The Kier molecular flexibility index (Phi) is 3.17. The molecule has 4 aliphatic carbocycles. The van der Waals surface area contributed by atoms with E-state index in [0.29, 0.717) is 18.3 Å². The first-order chi connectivity index (χ1) is 10.5. The summed E-state index contributed by atoms with van der Waals surface area (Å²) in [5, 5.41) is 10.1. The third kappa shape index (κ3) is 1.66. The Hall–Kier alpha value is -0.960. The maximum atomic E-state index is 12.4. The van der Waals surface area contributed by atoms with Gasteiger partial charge in [-0.05, 0) is 69.1 Å². The van der Waals surface area contributed by atoms with Crippen LogP contribution < -0.4 is 0 Å². The Balaban J connectivity index is 1.73. The highest BCUT2D eigenvalue weighted by Gasteiger charge is 2.61. The van der Waals surface area contributed by atoms with Gasteiger partial charge in [0, 0.05) is 10.8 Å². The van der Waals surface area contributed by atoms with E-state index >= 15 is 0 Å². The number of allylic oxidation sites excluding steroid dienone is 2. The largest absolute Gasteiger partial charge is 0.385 e. The number of carbonyl (C=O) groups excluding carboxylic acids is 2. The van der Waals surface area contributed by atoms with Crippen molar-refractivity contribution in [1.82, 2.24) is 0 Å². The molecule has 0 unspecified atom stereocenters. The monoisotopic (exact) mass is 302 g/mol. The number of Topliss-reactive ketones (excluding diaryl/α,β-unsaturated/α-hetero) is 1. The molecule has 120 valence electrons. The molecule has 0 aromatic heterocycles. The quantitative estimate of drug-likeness (QED) is 0.598. The van der Waals surface area contributed by atoms with Crippen LogP contribution in [0.15, 0.2) is 11.6 Å². The number of fused-ring (bicyclic) bond motifs is 5. The van der Waals surface area contributed by atoms with Crippen LogP contribution in [-0.4, -0.2) is 23.3 Å². The highest BCUT2D eigenvalue weighted by Crippen LogP contribution is 2.64. The van der Waals surface area contributed by atoms with Crippen LogP contribution in [0.4, 0.5) is 0 Å². The summed E-state index contributed by atoms with van der Waals surface area (Å²) in [7, 11) is 0. The van der Waals surface area contributed by atoms with Crippen LogP contribution >= 0.6 is 0 Å². The van der Waals surface area contributed by atoms with Crippen LogP contribution in [0.1, 0.15) is 58.3 Å². The number of ketones is 1. The first kappa shape index (κ1) is 14.6. The van der Waals surface area contributed by atoms with Crippen LogP contribution in [0, 0.1) is 28.6 Å². The average Bonchev–Trinajstić information content (AvgIpc) is 2.78. The fraction of sp³-hybridized carbons (Fsp3) is 0.789. The van der Waals surface area contributed by atoms with Gasteiger partial charge >= 0.3 is 0 Å². The van der Waals surface area contributed by atoms with Crippen LogP contribution in [0.5, 0.6) is 0 Å². The number of hydrogen-bond acceptors (Lipinski definition) is 3. The molecule has 1 N–H and O–H groups in total. The molecule has 6 atom stereocenters. The maximum Gasteiger partial charge on any atom is 0.167 e. The molecule has 0 bridgehead atoms. The SMILES string of the molecule is C[C@]12CC[C@H]3[C@@H](CCC4=CCCC[C@@]43C=O)[C@@H]1C[C@@H](O)C2=O. The summed E-state index contributed by atoms with van der Waals surface area (Å²) in [6, 6.07) is 0. The lowest BCUT2D eigenvalue weighted by molar-refractivity contribution is -0.138. The number of aliphatic hydroxyl groups is 1. The van der Waals surface area contributed by atoms with E-state index in [1.165, 1.54) is 11.9 Å². The van der Waals surface area contributed by atoms with Crippen molar-refractivity contribution in [3.63, 3.8) is 0 Å². The number of aliphatic hydroxyl groups excluding tert-OH is 1. The summed E-state index contributed by atoms with van der Waals surface area (Å²) in [6.07, 6.45) is 10.5. The second-order valence-electron chi connectivity index (χ2n) is 8.27. The van der Waals surface area contributed by atoms with Gasteiger partial charge in [0.05, 0.1) is 0 Å². The molecule has 0 spiro atoms. The van der Waals surface area contributed by atoms with Crippen molar-refractivity contribution >= 4 is 12.1 Å². The molecule has 4 rings (SSSR count). The smallest absolute Gasteiger partial charge is 0.167 e. The molecule has 3 saturated carbocycles. The van der Waals surface area contributed by atoms with Crippen molar-refractivity contribution in [3.8, 4) is 0 Å². The van der Waals surface area contributed by atoms with Crippen molar-refractivity contribution in [2.75, 3.05) is 0 Å². The summed E-state index contributed by atoms with van der Waals surface area (Å²) in [5.41, 5.74) is 0.781. The van der Waals surface area contributed by atoms with E-state index in [4.69, 9.17) is 0 Å². The number of carbonyl (C=O) groups is 2. The van der Waals surface area contributed by atoms with E-state index in [0.717, 1.165) is 44.9 Å². The van der Waals surface area contributed by atoms with Gasteiger partial charge < -0.3 is 9.90 Å². The van der Waals surface area contributed by atoms with Crippen molar-refractivity contribution < 1.29 is 14.7 Å². The van der Waals surface area contributed by atoms with Gasteiger partial charge in [-0.1, -0.05) is 18.6 Å². The lowest BCUT2D eigenvalue weighted by Crippen LogP contribution is -2.52. The number of aldehydes is 1. The van der Waals surface area contributed by atoms with E-state index in [1.54, 1.807) is 0 Å². The maximum absolute atomic E-state index is 12.4. The molecule has 0 aliphatic heterocycles. The van der Waals surface area contributed by atoms with Gasteiger partial charge in [0.25, 0.3) is 0 Å². The zero-order chi connectivity index (χ0) is 15.5. The molecule has 0 saturated heterocycles. The van der Waals surface area contributed by atoms with E-state index in [1.807, 2.05) is 0 Å². The van der Waals surface area contributed by atoms with Crippen molar-refractivity contribution in [2.45, 2.75) is 64.4 Å². The van der Waals surface area contributed by atoms with Gasteiger partial charge in [-0.25, -0.2) is 0 Å². The molecular formula is C19H26O3. The van der Waals surface area contributed by atoms with Gasteiger partial charge in [-0.15, -0.1) is 0 Å². The molecule has 3 fully saturated rings. The number of rotatable bonds is 1. The summed E-state index contributed by atoms with van der Waals surface area (Å²) >= 11 is 0. The van der Waals surface area contributed by atoms with Gasteiger partial charge in [0.1, 0.15) is 12.4 Å². The molecule has 22 heavy (non-hydrogen) atoms. The van der Waals surface area contributed by atoms with Crippen molar-refractivity contribution in [3.05, 3.63) is 11.6 Å². The fourth-order valence-corrected chi connectivity index (χ4v) is 6.44. The summed E-state index contributed by atoms with van der Waals surface area (Å²) in [6.45, 7) is 2.06. The average molecular weight is 302 g/mol. The van der Waals surface area contributed by atoms with Crippen LogP contribution in [-0.2, 0) is 9.59 Å². The third-order valence-corrected chi connectivity index (χ3v) is 7.57. The highest BCUT2D eigenvalue weighted by molar-refractivity contribution is 5.91. The zero-order valence-electron chi connectivity index (χ0n) is 13.4. The minimum absolute atomic E-state index is 0.0566. The predicted molar refractivity (Wildman–Crippen MR) is 83.1 cm³/mol. The number of hydrogen-bond donors (Lipinski definition) is 1. The first-order valence-electron chi connectivity index (χ1n) is 8.91. The zero-order valence-corrected chi connectivity index (χ0v) is 13.4. The van der Waals surface area contributed by atoms with E-state index in [2.05, 4.69) is 13.0 Å². The van der Waals surface area contributed by atoms with Gasteiger partial charge in [-0.3, -0.25) is 4.79 Å². The molecule has 3 nitrogen and oxygen atoms in total. The highest BCUT2D eigenvalue weighted by atomic mass is 16.3. The Morgan fingerprint density at radius 1 is 1.27 bits per heavy atom. The standard InChI is InChI=1S/C19H26O3/c1-18-9-7-14-13(15(18)10-16(21)17(18)22)6-5-12-4-2-3-8-19(12,14)11-20/h4,11,13-16,21H,2-3,5-10H2,1H3/t13-,14+,15+,16-,18+,19-/m1/s1.